The van der Waals surface area contributed by atoms with Gasteiger partial charge in [0, 0.05) is 24.8 Å². The van der Waals surface area contributed by atoms with Gasteiger partial charge < -0.3 is 25.3 Å². The number of anilines is 1. The fraction of sp³-hybridized carbons (Fsp3) is 0.250. The number of carbonyl (C=O) groups excluding carboxylic acids is 1. The van der Waals surface area contributed by atoms with Crippen LogP contribution in [0.3, 0.4) is 0 Å². The molecule has 32 heavy (non-hydrogen) atoms. The van der Waals surface area contributed by atoms with Gasteiger partial charge in [-0.2, -0.15) is 4.31 Å². The number of sulfonamides is 1. The van der Waals surface area contributed by atoms with Crippen LogP contribution in [0.15, 0.2) is 41.3 Å². The number of amides is 1. The molecule has 1 aliphatic heterocycles. The lowest BCUT2D eigenvalue weighted by molar-refractivity contribution is 0.0729. The van der Waals surface area contributed by atoms with Gasteiger partial charge in [0.1, 0.15) is 16.4 Å². The molecule has 0 radical (unpaired) electrons. The number of carbonyl (C=O) groups is 1. The monoisotopic (exact) mass is 459 g/mol. The van der Waals surface area contributed by atoms with E-state index in [1.54, 1.807) is 12.1 Å². The molecule has 0 unspecified atom stereocenters. The van der Waals surface area contributed by atoms with E-state index in [4.69, 9.17) is 4.74 Å². The van der Waals surface area contributed by atoms with E-state index in [1.165, 1.54) is 4.31 Å². The Kier molecular flexibility index (Phi) is 5.82. The van der Waals surface area contributed by atoms with Crippen LogP contribution in [0.2, 0.25) is 0 Å². The normalized spacial score (nSPS) is 14.9. The molecule has 11 nitrogen and oxygen atoms in total. The smallest absolute Gasteiger partial charge is 0.293 e. The maximum Gasteiger partial charge on any atom is 0.293 e. The fourth-order valence-corrected chi connectivity index (χ4v) is 4.69. The summed E-state index contributed by atoms with van der Waals surface area (Å²) < 4.78 is 32.3. The summed E-state index contributed by atoms with van der Waals surface area (Å²) in [7, 11) is -4.04. The molecule has 1 fully saturated rings. The molecule has 1 aromatic heterocycles. The average molecular weight is 459 g/mol. The Morgan fingerprint density at radius 1 is 1.09 bits per heavy atom. The first-order valence-electron chi connectivity index (χ1n) is 9.70. The number of benzene rings is 2. The molecule has 12 heteroatoms. The van der Waals surface area contributed by atoms with Gasteiger partial charge in [0.15, 0.2) is 5.82 Å². The standard InChI is InChI=1S/C20H21N5O6S/c1-12-2-4-13(5-3-12)21-20(28)19-22-18(23-24-19)14-10-17(16(27)11-15(14)26)32(29,30)25-6-8-31-9-7-25/h2-5,10-11,26-27H,6-9H2,1H3,(H,21,28)(H,22,23,24). The molecule has 0 saturated carbocycles. The first-order valence-corrected chi connectivity index (χ1v) is 11.1. The van der Waals surface area contributed by atoms with E-state index in [2.05, 4.69) is 20.5 Å². The second kappa shape index (κ2) is 8.57. The zero-order valence-corrected chi connectivity index (χ0v) is 17.9. The Morgan fingerprint density at radius 3 is 2.47 bits per heavy atom. The first kappa shape index (κ1) is 21.7. The molecule has 0 atom stereocenters. The zero-order chi connectivity index (χ0) is 22.9. The lowest BCUT2D eigenvalue weighted by Crippen LogP contribution is -2.40. The summed E-state index contributed by atoms with van der Waals surface area (Å²) in [6.45, 7) is 2.69. The van der Waals surface area contributed by atoms with Crippen molar-refractivity contribution in [1.82, 2.24) is 19.5 Å². The minimum absolute atomic E-state index is 0.0310. The van der Waals surface area contributed by atoms with Gasteiger partial charge in [-0.3, -0.25) is 4.79 Å². The quantitative estimate of drug-likeness (QED) is 0.446. The van der Waals surface area contributed by atoms with Crippen LogP contribution in [0.1, 0.15) is 16.2 Å². The summed E-state index contributed by atoms with van der Waals surface area (Å²) in [5.41, 5.74) is 1.57. The van der Waals surface area contributed by atoms with Gasteiger partial charge in [0.2, 0.25) is 15.8 Å². The minimum atomic E-state index is -4.04. The molecule has 0 bridgehead atoms. The van der Waals surface area contributed by atoms with Crippen molar-refractivity contribution in [2.24, 2.45) is 0 Å². The van der Waals surface area contributed by atoms with Gasteiger partial charge in [0.25, 0.3) is 5.91 Å². The molecule has 0 spiro atoms. The molecule has 0 aliphatic carbocycles. The van der Waals surface area contributed by atoms with Crippen molar-refractivity contribution in [2.45, 2.75) is 11.8 Å². The number of hydrogen-bond acceptors (Lipinski definition) is 8. The van der Waals surface area contributed by atoms with Gasteiger partial charge in [0.05, 0.1) is 18.8 Å². The number of ether oxygens (including phenoxy) is 1. The third-order valence-electron chi connectivity index (χ3n) is 4.93. The number of hydrogen-bond donors (Lipinski definition) is 4. The van der Waals surface area contributed by atoms with Gasteiger partial charge >= 0.3 is 0 Å². The second-order valence-electron chi connectivity index (χ2n) is 7.20. The van der Waals surface area contributed by atoms with Crippen molar-refractivity contribution < 1.29 is 28.2 Å². The van der Waals surface area contributed by atoms with E-state index in [1.807, 2.05) is 19.1 Å². The minimum Gasteiger partial charge on any atom is -0.507 e. The predicted molar refractivity (Wildman–Crippen MR) is 114 cm³/mol. The summed E-state index contributed by atoms with van der Waals surface area (Å²) >= 11 is 0. The van der Waals surface area contributed by atoms with Crippen LogP contribution in [0.5, 0.6) is 11.5 Å². The number of H-pyrrole nitrogens is 1. The van der Waals surface area contributed by atoms with E-state index in [9.17, 15) is 23.4 Å². The highest BCUT2D eigenvalue weighted by Gasteiger charge is 2.30. The van der Waals surface area contributed by atoms with E-state index >= 15 is 0 Å². The Labute approximate surface area is 183 Å². The van der Waals surface area contributed by atoms with Crippen molar-refractivity contribution in [3.8, 4) is 22.9 Å². The zero-order valence-electron chi connectivity index (χ0n) is 17.1. The van der Waals surface area contributed by atoms with Crippen LogP contribution in [-0.4, -0.2) is 70.3 Å². The predicted octanol–water partition coefficient (Wildman–Crippen LogP) is 1.46. The molecular weight excluding hydrogens is 438 g/mol. The van der Waals surface area contributed by atoms with Crippen LogP contribution in [-0.2, 0) is 14.8 Å². The highest BCUT2D eigenvalue weighted by molar-refractivity contribution is 7.89. The fourth-order valence-electron chi connectivity index (χ4n) is 3.19. The lowest BCUT2D eigenvalue weighted by atomic mass is 10.2. The highest BCUT2D eigenvalue weighted by Crippen LogP contribution is 2.37. The van der Waals surface area contributed by atoms with Crippen LogP contribution < -0.4 is 5.32 Å². The Morgan fingerprint density at radius 2 is 1.78 bits per heavy atom. The number of aryl methyl sites for hydroxylation is 1. The molecule has 2 heterocycles. The molecule has 4 rings (SSSR count). The van der Waals surface area contributed by atoms with Gasteiger partial charge in [-0.05, 0) is 25.1 Å². The number of nitrogens with zero attached hydrogens (tertiary/aromatic N) is 3. The van der Waals surface area contributed by atoms with Gasteiger partial charge in [-0.1, -0.05) is 17.7 Å². The number of nitrogens with one attached hydrogen (secondary N) is 2. The molecule has 4 N–H and O–H groups in total. The molecular formula is C20H21N5O6S. The Bertz CT molecular complexity index is 1250. The number of aromatic amines is 1. The van der Waals surface area contributed by atoms with Crippen molar-refractivity contribution in [3.63, 3.8) is 0 Å². The number of rotatable bonds is 5. The van der Waals surface area contributed by atoms with Crippen LogP contribution in [0, 0.1) is 6.92 Å². The van der Waals surface area contributed by atoms with Gasteiger partial charge in [-0.15, -0.1) is 10.2 Å². The van der Waals surface area contributed by atoms with E-state index < -0.39 is 32.3 Å². The SMILES string of the molecule is Cc1ccc(NC(=O)c2nnc(-c3cc(S(=O)(=O)N4CCOCC4)c(O)cc3O)[nH]2)cc1. The molecule has 2 aromatic carbocycles. The average Bonchev–Trinajstić information content (AvgIpc) is 3.26. The van der Waals surface area contributed by atoms with Crippen LogP contribution in [0.25, 0.3) is 11.4 Å². The van der Waals surface area contributed by atoms with Gasteiger partial charge in [-0.25, -0.2) is 8.42 Å². The Hall–Kier alpha value is -3.48. The Balaban J connectivity index is 1.63. The summed E-state index contributed by atoms with van der Waals surface area (Å²) in [5.74, 6) is -1.76. The van der Waals surface area contributed by atoms with Crippen LogP contribution >= 0.6 is 0 Å². The van der Waals surface area contributed by atoms with E-state index in [-0.39, 0.29) is 43.5 Å². The molecule has 168 valence electrons. The van der Waals surface area contributed by atoms with Crippen molar-refractivity contribution >= 4 is 21.6 Å². The molecule has 1 amide bonds. The third-order valence-corrected chi connectivity index (χ3v) is 6.86. The topological polar surface area (TPSA) is 158 Å². The number of morpholine rings is 1. The van der Waals surface area contributed by atoms with Crippen molar-refractivity contribution in [3.05, 3.63) is 47.8 Å². The third kappa shape index (κ3) is 4.28. The maximum atomic E-state index is 13.0. The number of phenolic OH excluding ortho intramolecular Hbond substituents is 2. The summed E-state index contributed by atoms with van der Waals surface area (Å²) in [6.07, 6.45) is 0. The maximum absolute atomic E-state index is 13.0. The van der Waals surface area contributed by atoms with E-state index in [0.717, 1.165) is 17.7 Å². The molecule has 1 saturated heterocycles. The summed E-state index contributed by atoms with van der Waals surface area (Å²) in [5, 5.41) is 30.8. The lowest BCUT2D eigenvalue weighted by Gasteiger charge is -2.26. The van der Waals surface area contributed by atoms with Crippen LogP contribution in [0.4, 0.5) is 5.69 Å². The highest BCUT2D eigenvalue weighted by atomic mass is 32.2. The number of aromatic hydroxyl groups is 2. The first-order chi connectivity index (χ1) is 15.3. The molecule has 3 aromatic rings. The summed E-state index contributed by atoms with van der Waals surface area (Å²) in [6, 6.07) is 9.16. The largest absolute Gasteiger partial charge is 0.507 e. The summed E-state index contributed by atoms with van der Waals surface area (Å²) in [4.78, 5) is 14.7. The van der Waals surface area contributed by atoms with Crippen molar-refractivity contribution in [1.29, 1.82) is 0 Å². The van der Waals surface area contributed by atoms with E-state index in [0.29, 0.717) is 5.69 Å². The number of phenols is 2. The van der Waals surface area contributed by atoms with Crippen molar-refractivity contribution in [2.75, 3.05) is 31.6 Å². The number of aromatic nitrogens is 3. The molecule has 1 aliphatic rings. The second-order valence-corrected chi connectivity index (χ2v) is 9.10.